The van der Waals surface area contributed by atoms with E-state index >= 15 is 0 Å². The van der Waals surface area contributed by atoms with Crippen LogP contribution < -0.4 is 5.84 Å². The van der Waals surface area contributed by atoms with Gasteiger partial charge in [-0.15, -0.1) is 0 Å². The van der Waals surface area contributed by atoms with E-state index in [1.54, 1.807) is 0 Å². The summed E-state index contributed by atoms with van der Waals surface area (Å²) in [6.45, 7) is 0.103. The lowest BCUT2D eigenvalue weighted by Gasteiger charge is -2.35. The molecule has 0 bridgehead atoms. The first-order valence-corrected chi connectivity index (χ1v) is 2.93. The van der Waals surface area contributed by atoms with E-state index in [0.29, 0.717) is 12.8 Å². The average Bonchev–Trinajstić information content (AvgIpc) is 1.88. The number of hydrogen-bond acceptors (Lipinski definition) is 3. The maximum absolute atomic E-state index is 10.4. The molecule has 0 spiro atoms. The molecule has 1 aliphatic heterocycles. The van der Waals surface area contributed by atoms with Crippen molar-refractivity contribution in [3.63, 3.8) is 0 Å². The second-order valence-corrected chi connectivity index (χ2v) is 2.17. The van der Waals surface area contributed by atoms with Gasteiger partial charge in [-0.2, -0.15) is 0 Å². The highest BCUT2D eigenvalue weighted by Crippen LogP contribution is 2.16. The van der Waals surface area contributed by atoms with Crippen molar-refractivity contribution < 1.29 is 9.90 Å². The van der Waals surface area contributed by atoms with E-state index in [1.807, 2.05) is 0 Å². The molecule has 4 heteroatoms. The summed E-state index contributed by atoms with van der Waals surface area (Å²) in [7, 11) is 0. The summed E-state index contributed by atoms with van der Waals surface area (Å²) in [4.78, 5) is 10.4. The van der Waals surface area contributed by atoms with Gasteiger partial charge in [-0.3, -0.25) is 9.80 Å². The van der Waals surface area contributed by atoms with Crippen molar-refractivity contribution in [3.05, 3.63) is 0 Å². The molecule has 3 N–H and O–H groups in total. The van der Waals surface area contributed by atoms with Gasteiger partial charge in [-0.25, -0.2) is 5.84 Å². The number of aliphatic hydroxyl groups excluding tert-OH is 1. The van der Waals surface area contributed by atoms with Gasteiger partial charge in [0.15, 0.2) is 0 Å². The molecule has 4 nitrogen and oxygen atoms in total. The zero-order valence-corrected chi connectivity index (χ0v) is 5.08. The SMILES string of the molecule is NN1C(=O)C[C@H]1CCO. The molecule has 0 aliphatic carbocycles. The maximum atomic E-state index is 10.4. The van der Waals surface area contributed by atoms with Crippen molar-refractivity contribution in [2.45, 2.75) is 18.9 Å². The van der Waals surface area contributed by atoms with E-state index in [1.165, 1.54) is 5.01 Å². The fourth-order valence-corrected chi connectivity index (χ4v) is 0.887. The van der Waals surface area contributed by atoms with Gasteiger partial charge < -0.3 is 5.11 Å². The molecule has 52 valence electrons. The van der Waals surface area contributed by atoms with Crippen LogP contribution in [0.3, 0.4) is 0 Å². The first-order chi connectivity index (χ1) is 4.25. The molecule has 9 heavy (non-hydrogen) atoms. The molecule has 1 heterocycles. The lowest BCUT2D eigenvalue weighted by molar-refractivity contribution is -0.147. The van der Waals surface area contributed by atoms with Crippen LogP contribution in [0, 0.1) is 0 Å². The van der Waals surface area contributed by atoms with Gasteiger partial charge in [0.2, 0.25) is 5.91 Å². The number of carbonyl (C=O) groups excluding carboxylic acids is 1. The van der Waals surface area contributed by atoms with E-state index in [-0.39, 0.29) is 18.6 Å². The average molecular weight is 130 g/mol. The molecule has 1 saturated heterocycles. The van der Waals surface area contributed by atoms with Crippen LogP contribution in [-0.4, -0.2) is 28.7 Å². The molecule has 1 rings (SSSR count). The smallest absolute Gasteiger partial charge is 0.238 e. The van der Waals surface area contributed by atoms with E-state index in [9.17, 15) is 4.79 Å². The van der Waals surface area contributed by atoms with E-state index in [4.69, 9.17) is 10.9 Å². The number of β-lactam (4-membered cyclic amide) rings is 1. The molecule has 1 amide bonds. The summed E-state index contributed by atoms with van der Waals surface area (Å²) in [6, 6.07) is 0.0856. The Morgan fingerprint density at radius 3 is 2.89 bits per heavy atom. The predicted molar refractivity (Wildman–Crippen MR) is 31.1 cm³/mol. The Morgan fingerprint density at radius 1 is 1.89 bits per heavy atom. The Balaban J connectivity index is 2.25. The maximum Gasteiger partial charge on any atom is 0.238 e. The molecular formula is C5H10N2O2. The second-order valence-electron chi connectivity index (χ2n) is 2.17. The van der Waals surface area contributed by atoms with Crippen LogP contribution in [0.4, 0.5) is 0 Å². The largest absolute Gasteiger partial charge is 0.396 e. The lowest BCUT2D eigenvalue weighted by Crippen LogP contribution is -2.56. The Labute approximate surface area is 53.2 Å². The standard InChI is InChI=1S/C5H10N2O2/c6-7-4(1-2-8)3-5(7)9/h4,8H,1-3,6H2/t4-/m1/s1. The van der Waals surface area contributed by atoms with Crippen LogP contribution in [0.1, 0.15) is 12.8 Å². The molecule has 0 aromatic carbocycles. The van der Waals surface area contributed by atoms with Gasteiger partial charge in [0.05, 0.1) is 12.5 Å². The Kier molecular flexibility index (Phi) is 1.68. The van der Waals surface area contributed by atoms with Crippen LogP contribution in [0.5, 0.6) is 0 Å². The molecule has 1 aliphatic rings. The quantitative estimate of drug-likeness (QED) is 0.281. The topological polar surface area (TPSA) is 66.6 Å². The number of hydrazine groups is 1. The number of rotatable bonds is 2. The van der Waals surface area contributed by atoms with Gasteiger partial charge in [-0.1, -0.05) is 0 Å². The minimum absolute atomic E-state index is 0.0338. The van der Waals surface area contributed by atoms with Crippen LogP contribution in [0.2, 0.25) is 0 Å². The summed E-state index contributed by atoms with van der Waals surface area (Å²) in [5.41, 5.74) is 0. The van der Waals surface area contributed by atoms with Crippen LogP contribution in [-0.2, 0) is 4.79 Å². The van der Waals surface area contributed by atoms with Crippen LogP contribution in [0.15, 0.2) is 0 Å². The second kappa shape index (κ2) is 2.33. The highest BCUT2D eigenvalue weighted by molar-refractivity contribution is 5.82. The third-order valence-electron chi connectivity index (χ3n) is 1.55. The number of carbonyl (C=O) groups is 1. The van der Waals surface area contributed by atoms with Crippen molar-refractivity contribution in [2.24, 2.45) is 5.84 Å². The summed E-state index contributed by atoms with van der Waals surface area (Å²) >= 11 is 0. The number of nitrogens with two attached hydrogens (primary N) is 1. The first kappa shape index (κ1) is 6.51. The minimum Gasteiger partial charge on any atom is -0.396 e. The van der Waals surface area contributed by atoms with Gasteiger partial charge in [0.1, 0.15) is 0 Å². The van der Waals surface area contributed by atoms with E-state index in [0.717, 1.165) is 0 Å². The predicted octanol–water partition coefficient (Wildman–Crippen LogP) is -1.16. The molecule has 1 atom stereocenters. The van der Waals surface area contributed by atoms with E-state index in [2.05, 4.69) is 0 Å². The van der Waals surface area contributed by atoms with Crippen LogP contribution in [0.25, 0.3) is 0 Å². The Morgan fingerprint density at radius 2 is 2.56 bits per heavy atom. The monoisotopic (exact) mass is 130 g/mol. The highest BCUT2D eigenvalue weighted by Gasteiger charge is 2.32. The van der Waals surface area contributed by atoms with Crippen molar-refractivity contribution in [2.75, 3.05) is 6.61 Å². The van der Waals surface area contributed by atoms with Crippen molar-refractivity contribution in [1.29, 1.82) is 0 Å². The fraction of sp³-hybridized carbons (Fsp3) is 0.800. The zero-order valence-electron chi connectivity index (χ0n) is 5.08. The summed E-state index contributed by atoms with van der Waals surface area (Å²) < 4.78 is 0. The molecule has 1 fully saturated rings. The Hall–Kier alpha value is -0.610. The highest BCUT2D eigenvalue weighted by atomic mass is 16.3. The van der Waals surface area contributed by atoms with Gasteiger partial charge >= 0.3 is 0 Å². The number of hydrogen-bond donors (Lipinski definition) is 2. The van der Waals surface area contributed by atoms with Crippen LogP contribution >= 0.6 is 0 Å². The number of nitrogens with zero attached hydrogens (tertiary/aromatic N) is 1. The molecule has 0 aromatic heterocycles. The normalized spacial score (nSPS) is 26.2. The van der Waals surface area contributed by atoms with Gasteiger partial charge in [0.25, 0.3) is 0 Å². The van der Waals surface area contributed by atoms with Gasteiger partial charge in [-0.05, 0) is 6.42 Å². The molecule has 0 saturated carbocycles. The molecule has 0 unspecified atom stereocenters. The summed E-state index contributed by atoms with van der Waals surface area (Å²) in [5, 5.41) is 9.59. The molecule has 0 aromatic rings. The summed E-state index contributed by atoms with van der Waals surface area (Å²) in [5.74, 6) is 5.19. The first-order valence-electron chi connectivity index (χ1n) is 2.93. The van der Waals surface area contributed by atoms with Gasteiger partial charge in [0, 0.05) is 6.61 Å². The number of amides is 1. The van der Waals surface area contributed by atoms with E-state index < -0.39 is 0 Å². The summed E-state index contributed by atoms with van der Waals surface area (Å²) in [6.07, 6.45) is 1.10. The zero-order chi connectivity index (χ0) is 6.85. The van der Waals surface area contributed by atoms with Crippen molar-refractivity contribution >= 4 is 5.91 Å². The fourth-order valence-electron chi connectivity index (χ4n) is 0.887. The minimum atomic E-state index is -0.0338. The third-order valence-corrected chi connectivity index (χ3v) is 1.55. The third kappa shape index (κ3) is 1.04. The number of aliphatic hydroxyl groups is 1. The Bertz CT molecular complexity index is 126. The molecular weight excluding hydrogens is 120 g/mol. The van der Waals surface area contributed by atoms with Crippen molar-refractivity contribution in [3.8, 4) is 0 Å². The van der Waals surface area contributed by atoms with Crippen molar-refractivity contribution in [1.82, 2.24) is 5.01 Å². The molecule has 0 radical (unpaired) electrons. The lowest BCUT2D eigenvalue weighted by atomic mass is 10.0.